The van der Waals surface area contributed by atoms with Crippen molar-refractivity contribution in [1.82, 2.24) is 9.55 Å². The van der Waals surface area contributed by atoms with Crippen molar-refractivity contribution in [3.05, 3.63) is 94.2 Å². The number of esters is 1. The van der Waals surface area contributed by atoms with E-state index in [-0.39, 0.29) is 43.4 Å². The lowest BCUT2D eigenvalue weighted by Gasteiger charge is -2.17. The van der Waals surface area contributed by atoms with Gasteiger partial charge in [0.2, 0.25) is 5.91 Å². The number of carbonyl (C=O) groups is 2. The first-order valence-corrected chi connectivity index (χ1v) is 11.1. The highest BCUT2D eigenvalue weighted by Crippen LogP contribution is 2.27. The molecule has 5 rings (SSSR count). The van der Waals surface area contributed by atoms with Crippen LogP contribution in [0.25, 0.3) is 10.9 Å². The van der Waals surface area contributed by atoms with E-state index in [1.54, 1.807) is 55.5 Å². The molecule has 0 aliphatic carbocycles. The van der Waals surface area contributed by atoms with Crippen LogP contribution in [0.2, 0.25) is 0 Å². The molecule has 1 atom stereocenters. The Hall–Kier alpha value is -4.27. The van der Waals surface area contributed by atoms with E-state index in [2.05, 4.69) is 4.98 Å². The van der Waals surface area contributed by atoms with Gasteiger partial charge in [0.25, 0.3) is 5.56 Å². The van der Waals surface area contributed by atoms with Crippen LogP contribution in [0.1, 0.15) is 23.6 Å². The van der Waals surface area contributed by atoms with E-state index in [4.69, 9.17) is 9.15 Å². The lowest BCUT2D eigenvalue weighted by molar-refractivity contribution is -0.150. The molecule has 1 saturated heterocycles. The monoisotopic (exact) mass is 475 g/mol. The highest BCUT2D eigenvalue weighted by Gasteiger charge is 2.36. The number of benzene rings is 2. The normalized spacial score (nSPS) is 15.7. The number of aryl methyl sites for hydroxylation is 1. The quantitative estimate of drug-likeness (QED) is 0.396. The Labute approximate surface area is 199 Å². The molecule has 3 heterocycles. The van der Waals surface area contributed by atoms with Crippen LogP contribution in [0.4, 0.5) is 10.1 Å². The molecule has 35 heavy (non-hydrogen) atoms. The van der Waals surface area contributed by atoms with Gasteiger partial charge < -0.3 is 14.1 Å². The Balaban J connectivity index is 1.35. The fourth-order valence-electron chi connectivity index (χ4n) is 4.16. The Kier molecular flexibility index (Phi) is 5.90. The molecule has 2 aromatic heterocycles. The third kappa shape index (κ3) is 4.44. The van der Waals surface area contributed by atoms with Crippen LogP contribution in [0.3, 0.4) is 0 Å². The molecule has 0 bridgehead atoms. The number of rotatable bonds is 6. The maximum absolute atomic E-state index is 14.0. The van der Waals surface area contributed by atoms with Gasteiger partial charge in [0.1, 0.15) is 18.2 Å². The summed E-state index contributed by atoms with van der Waals surface area (Å²) in [5.41, 5.74) is 1.08. The van der Waals surface area contributed by atoms with Gasteiger partial charge in [-0.05, 0) is 48.9 Å². The summed E-state index contributed by atoms with van der Waals surface area (Å²) in [6.07, 6.45) is 1.47. The van der Waals surface area contributed by atoms with Crippen molar-refractivity contribution in [2.24, 2.45) is 5.92 Å². The molecule has 1 amide bonds. The first kappa shape index (κ1) is 22.5. The third-order valence-corrected chi connectivity index (χ3v) is 6.10. The largest absolute Gasteiger partial charge is 0.467 e. The van der Waals surface area contributed by atoms with Crippen molar-refractivity contribution in [2.45, 2.75) is 26.5 Å². The number of ether oxygens (including phenoxy) is 1. The molecule has 1 fully saturated rings. The van der Waals surface area contributed by atoms with Gasteiger partial charge in [-0.3, -0.25) is 19.0 Å². The summed E-state index contributed by atoms with van der Waals surface area (Å²) in [7, 11) is 0. The number of halogens is 1. The lowest BCUT2D eigenvalue weighted by atomic mass is 10.1. The second-order valence-corrected chi connectivity index (χ2v) is 8.46. The maximum atomic E-state index is 14.0. The summed E-state index contributed by atoms with van der Waals surface area (Å²) in [6.45, 7) is 1.61. The Morgan fingerprint density at radius 3 is 2.77 bits per heavy atom. The van der Waals surface area contributed by atoms with Gasteiger partial charge in [-0.2, -0.15) is 0 Å². The molecule has 178 valence electrons. The highest BCUT2D eigenvalue weighted by molar-refractivity contribution is 5.99. The topological polar surface area (TPSA) is 94.6 Å². The minimum Gasteiger partial charge on any atom is -0.467 e. The zero-order chi connectivity index (χ0) is 24.5. The molecule has 1 aliphatic rings. The number of hydrogen-bond donors (Lipinski definition) is 0. The van der Waals surface area contributed by atoms with Gasteiger partial charge in [-0.25, -0.2) is 9.37 Å². The molecule has 1 unspecified atom stereocenters. The van der Waals surface area contributed by atoms with Gasteiger partial charge in [-0.1, -0.05) is 18.2 Å². The van der Waals surface area contributed by atoms with Gasteiger partial charge in [-0.15, -0.1) is 0 Å². The summed E-state index contributed by atoms with van der Waals surface area (Å²) in [6, 6.07) is 14.9. The number of anilines is 1. The fourth-order valence-corrected chi connectivity index (χ4v) is 4.16. The molecule has 9 heteroatoms. The average molecular weight is 475 g/mol. The van der Waals surface area contributed by atoms with Crippen molar-refractivity contribution in [3.8, 4) is 0 Å². The SMILES string of the molecule is Cc1ccc(N2CC(C(=O)OCc3nc4ccccc4c(=O)n3Cc3ccco3)CC2=O)cc1F. The summed E-state index contributed by atoms with van der Waals surface area (Å²) in [4.78, 5) is 44.4. The molecule has 1 aliphatic heterocycles. The number of fused-ring (bicyclic) bond motifs is 1. The molecule has 8 nitrogen and oxygen atoms in total. The van der Waals surface area contributed by atoms with Crippen LogP contribution < -0.4 is 10.5 Å². The molecular weight excluding hydrogens is 453 g/mol. The van der Waals surface area contributed by atoms with E-state index in [1.165, 1.54) is 21.8 Å². The van der Waals surface area contributed by atoms with Gasteiger partial charge in [0, 0.05) is 18.7 Å². The molecule has 2 aromatic carbocycles. The zero-order valence-corrected chi connectivity index (χ0v) is 18.9. The Morgan fingerprint density at radius 2 is 2.00 bits per heavy atom. The highest BCUT2D eigenvalue weighted by atomic mass is 19.1. The average Bonchev–Trinajstić information content (AvgIpc) is 3.51. The Morgan fingerprint density at radius 1 is 1.17 bits per heavy atom. The number of carbonyl (C=O) groups excluding carboxylic acids is 2. The van der Waals surface area contributed by atoms with Gasteiger partial charge in [0.05, 0.1) is 29.6 Å². The number of hydrogen-bond acceptors (Lipinski definition) is 6. The summed E-state index contributed by atoms with van der Waals surface area (Å²) in [5, 5.41) is 0.441. The first-order chi connectivity index (χ1) is 16.9. The van der Waals surface area contributed by atoms with E-state index in [0.717, 1.165) is 0 Å². The van der Waals surface area contributed by atoms with Crippen LogP contribution in [0.5, 0.6) is 0 Å². The van der Waals surface area contributed by atoms with Crippen molar-refractivity contribution >= 4 is 28.5 Å². The lowest BCUT2D eigenvalue weighted by Crippen LogP contribution is -2.28. The van der Waals surface area contributed by atoms with E-state index in [9.17, 15) is 18.8 Å². The summed E-state index contributed by atoms with van der Waals surface area (Å²) < 4.78 is 26.3. The number of nitrogens with zero attached hydrogens (tertiary/aromatic N) is 3. The van der Waals surface area contributed by atoms with Gasteiger partial charge in [0.15, 0.2) is 5.82 Å². The van der Waals surface area contributed by atoms with Gasteiger partial charge >= 0.3 is 5.97 Å². The minimum absolute atomic E-state index is 0.0430. The van der Waals surface area contributed by atoms with E-state index in [1.807, 2.05) is 0 Å². The van der Waals surface area contributed by atoms with E-state index < -0.39 is 17.7 Å². The first-order valence-electron chi connectivity index (χ1n) is 11.1. The van der Waals surface area contributed by atoms with Crippen LogP contribution in [-0.2, 0) is 27.5 Å². The number of furan rings is 1. The van der Waals surface area contributed by atoms with Crippen LogP contribution in [-0.4, -0.2) is 28.0 Å². The predicted octanol–water partition coefficient (Wildman–Crippen LogP) is 3.58. The number of amides is 1. The van der Waals surface area contributed by atoms with Crippen LogP contribution in [0, 0.1) is 18.7 Å². The Bertz CT molecular complexity index is 1480. The second kappa shape index (κ2) is 9.17. The van der Waals surface area contributed by atoms with Crippen molar-refractivity contribution in [2.75, 3.05) is 11.4 Å². The smallest absolute Gasteiger partial charge is 0.311 e. The van der Waals surface area contributed by atoms with Crippen molar-refractivity contribution in [3.63, 3.8) is 0 Å². The predicted molar refractivity (Wildman–Crippen MR) is 125 cm³/mol. The fraction of sp³-hybridized carbons (Fsp3) is 0.231. The maximum Gasteiger partial charge on any atom is 0.311 e. The standard InChI is InChI=1S/C26H22FN3O5/c1-16-8-9-18(12-21(16)27)29-13-17(11-24(29)31)26(33)35-15-23-28-22-7-3-2-6-20(22)25(32)30(23)14-19-5-4-10-34-19/h2-10,12,17H,11,13-15H2,1H3. The molecule has 0 spiro atoms. The van der Waals surface area contributed by atoms with E-state index >= 15 is 0 Å². The molecule has 0 radical (unpaired) electrons. The van der Waals surface area contributed by atoms with Crippen LogP contribution >= 0.6 is 0 Å². The number of aromatic nitrogens is 2. The van der Waals surface area contributed by atoms with Crippen molar-refractivity contribution < 1.29 is 23.1 Å². The molecule has 0 N–H and O–H groups in total. The summed E-state index contributed by atoms with van der Waals surface area (Å²) in [5.74, 6) is -1.18. The zero-order valence-electron chi connectivity index (χ0n) is 18.9. The summed E-state index contributed by atoms with van der Waals surface area (Å²) >= 11 is 0. The number of para-hydroxylation sites is 1. The molecule has 4 aromatic rings. The van der Waals surface area contributed by atoms with Crippen LogP contribution in [0.15, 0.2) is 70.1 Å². The molecule has 0 saturated carbocycles. The van der Waals surface area contributed by atoms with E-state index in [0.29, 0.717) is 27.9 Å². The van der Waals surface area contributed by atoms with Crippen molar-refractivity contribution in [1.29, 1.82) is 0 Å². The molecular formula is C26H22FN3O5. The minimum atomic E-state index is -0.711. The third-order valence-electron chi connectivity index (χ3n) is 6.10. The second-order valence-electron chi connectivity index (χ2n) is 8.46.